The van der Waals surface area contributed by atoms with Crippen LogP contribution in [0.5, 0.6) is 0 Å². The lowest BCUT2D eigenvalue weighted by Gasteiger charge is -2.18. The summed E-state index contributed by atoms with van der Waals surface area (Å²) in [5.41, 5.74) is 4.01. The Labute approximate surface area is 130 Å². The number of nitrogens with one attached hydrogen (secondary N) is 2. The molecule has 1 amide bonds. The van der Waals surface area contributed by atoms with E-state index in [4.69, 9.17) is 0 Å². The molecule has 0 aliphatic heterocycles. The van der Waals surface area contributed by atoms with Crippen LogP contribution in [0, 0.1) is 19.8 Å². The molecule has 0 saturated heterocycles. The molecule has 1 unspecified atom stereocenters. The second-order valence-electron chi connectivity index (χ2n) is 6.46. The van der Waals surface area contributed by atoms with Crippen molar-refractivity contribution in [3.63, 3.8) is 0 Å². The minimum absolute atomic E-state index is 0.114. The van der Waals surface area contributed by atoms with Crippen molar-refractivity contribution in [3.05, 3.63) is 35.0 Å². The number of carbonyl (C=O) groups is 1. The van der Waals surface area contributed by atoms with Crippen molar-refractivity contribution < 1.29 is 9.90 Å². The maximum Gasteiger partial charge on any atom is 0.251 e. The van der Waals surface area contributed by atoms with Gasteiger partial charge >= 0.3 is 0 Å². The van der Waals surface area contributed by atoms with Crippen LogP contribution in [0.4, 0.5) is 0 Å². The number of benzene rings is 1. The van der Waals surface area contributed by atoms with Gasteiger partial charge in [0.15, 0.2) is 0 Å². The number of hydrogen-bond donors (Lipinski definition) is 3. The Kier molecular flexibility index (Phi) is 4.21. The predicted molar refractivity (Wildman–Crippen MR) is 88.1 cm³/mol. The van der Waals surface area contributed by atoms with E-state index in [-0.39, 0.29) is 5.91 Å². The molecule has 1 atom stereocenters. The highest BCUT2D eigenvalue weighted by Crippen LogP contribution is 2.27. The highest BCUT2D eigenvalue weighted by Gasteiger charge is 2.23. The first-order valence-corrected chi connectivity index (χ1v) is 8.11. The van der Waals surface area contributed by atoms with Gasteiger partial charge in [-0.2, -0.15) is 0 Å². The topological polar surface area (TPSA) is 65.1 Å². The largest absolute Gasteiger partial charge is 0.391 e. The van der Waals surface area contributed by atoms with E-state index in [0.29, 0.717) is 18.0 Å². The van der Waals surface area contributed by atoms with Gasteiger partial charge in [0.2, 0.25) is 0 Å². The number of aliphatic hydroxyl groups excluding tert-OH is 1. The lowest BCUT2D eigenvalue weighted by Crippen LogP contribution is -2.35. The molecule has 1 fully saturated rings. The molecule has 1 aromatic heterocycles. The number of aromatic nitrogens is 1. The van der Waals surface area contributed by atoms with Crippen LogP contribution < -0.4 is 5.32 Å². The number of fused-ring (bicyclic) bond motifs is 1. The quantitative estimate of drug-likeness (QED) is 0.812. The maximum absolute atomic E-state index is 12.3. The molecule has 1 aromatic carbocycles. The van der Waals surface area contributed by atoms with Crippen LogP contribution in [-0.2, 0) is 0 Å². The van der Waals surface area contributed by atoms with Gasteiger partial charge in [-0.3, -0.25) is 4.79 Å². The zero-order valence-electron chi connectivity index (χ0n) is 13.3. The van der Waals surface area contributed by atoms with Crippen LogP contribution in [0.2, 0.25) is 0 Å². The number of carbonyl (C=O) groups excluding carboxylic acids is 1. The SMILES string of the molecule is Cc1[nH]c2ccc(C(=O)NCC(O)C3CCCC3)cc2c1C. The summed E-state index contributed by atoms with van der Waals surface area (Å²) in [6, 6.07) is 5.69. The molecule has 3 N–H and O–H groups in total. The molecule has 1 aliphatic rings. The molecular formula is C18H24N2O2. The molecule has 1 heterocycles. The summed E-state index contributed by atoms with van der Waals surface area (Å²) in [7, 11) is 0. The number of hydrogen-bond acceptors (Lipinski definition) is 2. The standard InChI is InChI=1S/C18H24N2O2/c1-11-12(2)20-16-8-7-14(9-15(11)16)18(22)19-10-17(21)13-5-3-4-6-13/h7-9,13,17,20-21H,3-6,10H2,1-2H3,(H,19,22). The summed E-state index contributed by atoms with van der Waals surface area (Å²) in [6.45, 7) is 4.43. The van der Waals surface area contributed by atoms with E-state index >= 15 is 0 Å². The van der Waals surface area contributed by atoms with Crippen LogP contribution in [0.1, 0.15) is 47.3 Å². The van der Waals surface area contributed by atoms with Gasteiger partial charge in [-0.1, -0.05) is 12.8 Å². The predicted octanol–water partition coefficient (Wildman–Crippen LogP) is 3.07. The van der Waals surface area contributed by atoms with Gasteiger partial charge in [-0.15, -0.1) is 0 Å². The van der Waals surface area contributed by atoms with Gasteiger partial charge in [-0.25, -0.2) is 0 Å². The number of aliphatic hydroxyl groups is 1. The minimum Gasteiger partial charge on any atom is -0.391 e. The minimum atomic E-state index is -0.425. The Morgan fingerprint density at radius 3 is 2.82 bits per heavy atom. The van der Waals surface area contributed by atoms with Gasteiger partial charge in [0.25, 0.3) is 5.91 Å². The average Bonchev–Trinajstić information content (AvgIpc) is 3.14. The molecule has 2 aromatic rings. The highest BCUT2D eigenvalue weighted by molar-refractivity contribution is 5.99. The van der Waals surface area contributed by atoms with Crippen LogP contribution in [0.25, 0.3) is 10.9 Å². The number of aryl methyl sites for hydroxylation is 2. The van der Waals surface area contributed by atoms with Crippen LogP contribution >= 0.6 is 0 Å². The Balaban J connectivity index is 1.68. The van der Waals surface area contributed by atoms with E-state index in [0.717, 1.165) is 29.4 Å². The zero-order chi connectivity index (χ0) is 15.7. The fraction of sp³-hybridized carbons (Fsp3) is 0.500. The Morgan fingerprint density at radius 1 is 1.36 bits per heavy atom. The van der Waals surface area contributed by atoms with Gasteiger partial charge < -0.3 is 15.4 Å². The van der Waals surface area contributed by atoms with Crippen molar-refractivity contribution in [3.8, 4) is 0 Å². The molecule has 22 heavy (non-hydrogen) atoms. The van der Waals surface area contributed by atoms with E-state index in [9.17, 15) is 9.90 Å². The smallest absolute Gasteiger partial charge is 0.251 e. The van der Waals surface area contributed by atoms with E-state index in [2.05, 4.69) is 17.2 Å². The Bertz CT molecular complexity index is 684. The number of rotatable bonds is 4. The third kappa shape index (κ3) is 2.88. The second-order valence-corrected chi connectivity index (χ2v) is 6.46. The molecule has 1 aliphatic carbocycles. The Hall–Kier alpha value is -1.81. The van der Waals surface area contributed by atoms with Crippen molar-refractivity contribution in [2.45, 2.75) is 45.6 Å². The fourth-order valence-electron chi connectivity index (χ4n) is 3.41. The van der Waals surface area contributed by atoms with Crippen molar-refractivity contribution >= 4 is 16.8 Å². The third-order valence-corrected chi connectivity index (χ3v) is 4.99. The van der Waals surface area contributed by atoms with Crippen LogP contribution in [0.15, 0.2) is 18.2 Å². The van der Waals surface area contributed by atoms with Crippen molar-refractivity contribution in [2.75, 3.05) is 6.54 Å². The summed E-state index contributed by atoms with van der Waals surface area (Å²) in [6.07, 6.45) is 4.11. The summed E-state index contributed by atoms with van der Waals surface area (Å²) in [5, 5.41) is 14.1. The number of aromatic amines is 1. The lowest BCUT2D eigenvalue weighted by atomic mass is 10.0. The number of amides is 1. The van der Waals surface area contributed by atoms with Crippen molar-refractivity contribution in [2.24, 2.45) is 5.92 Å². The lowest BCUT2D eigenvalue weighted by molar-refractivity contribution is 0.0841. The van der Waals surface area contributed by atoms with Gasteiger partial charge in [0.1, 0.15) is 0 Å². The molecule has 4 nitrogen and oxygen atoms in total. The molecular weight excluding hydrogens is 276 g/mol. The fourth-order valence-corrected chi connectivity index (χ4v) is 3.41. The van der Waals surface area contributed by atoms with Gasteiger partial charge in [-0.05, 0) is 56.4 Å². The molecule has 4 heteroatoms. The first-order chi connectivity index (χ1) is 10.6. The average molecular weight is 300 g/mol. The third-order valence-electron chi connectivity index (χ3n) is 4.99. The van der Waals surface area contributed by atoms with E-state index < -0.39 is 6.10 Å². The van der Waals surface area contributed by atoms with Crippen molar-refractivity contribution in [1.82, 2.24) is 10.3 Å². The molecule has 118 valence electrons. The molecule has 0 radical (unpaired) electrons. The summed E-state index contributed by atoms with van der Waals surface area (Å²) in [5.74, 6) is 0.231. The Morgan fingerprint density at radius 2 is 2.09 bits per heavy atom. The molecule has 1 saturated carbocycles. The maximum atomic E-state index is 12.3. The van der Waals surface area contributed by atoms with Gasteiger partial charge in [0.05, 0.1) is 6.10 Å². The first-order valence-electron chi connectivity index (χ1n) is 8.11. The molecule has 0 spiro atoms. The van der Waals surface area contributed by atoms with E-state index in [1.165, 1.54) is 18.4 Å². The second kappa shape index (κ2) is 6.13. The van der Waals surface area contributed by atoms with Crippen LogP contribution in [0.3, 0.4) is 0 Å². The molecule has 3 rings (SSSR count). The summed E-state index contributed by atoms with van der Waals surface area (Å²) < 4.78 is 0. The highest BCUT2D eigenvalue weighted by atomic mass is 16.3. The number of H-pyrrole nitrogens is 1. The van der Waals surface area contributed by atoms with E-state index in [1.807, 2.05) is 25.1 Å². The molecule has 0 bridgehead atoms. The van der Waals surface area contributed by atoms with Crippen molar-refractivity contribution in [1.29, 1.82) is 0 Å². The first kappa shape index (κ1) is 15.1. The van der Waals surface area contributed by atoms with Gasteiger partial charge in [0, 0.05) is 28.7 Å². The monoisotopic (exact) mass is 300 g/mol. The van der Waals surface area contributed by atoms with Crippen LogP contribution in [-0.4, -0.2) is 28.6 Å². The summed E-state index contributed by atoms with van der Waals surface area (Å²) in [4.78, 5) is 15.6. The zero-order valence-corrected chi connectivity index (χ0v) is 13.3. The van der Waals surface area contributed by atoms with E-state index in [1.54, 1.807) is 0 Å². The normalized spacial score (nSPS) is 17.0. The summed E-state index contributed by atoms with van der Waals surface area (Å²) >= 11 is 0.